The van der Waals surface area contributed by atoms with Crippen LogP contribution in [0.15, 0.2) is 36.4 Å². The van der Waals surface area contributed by atoms with Crippen LogP contribution in [-0.2, 0) is 11.5 Å². The van der Waals surface area contributed by atoms with Crippen LogP contribution in [0.3, 0.4) is 0 Å². The highest BCUT2D eigenvalue weighted by molar-refractivity contribution is 6.35. The number of halogens is 1. The molecule has 0 saturated heterocycles. The van der Waals surface area contributed by atoms with E-state index >= 15 is 0 Å². The van der Waals surface area contributed by atoms with Crippen LogP contribution >= 0.6 is 11.6 Å². The maximum atomic E-state index is 10.6. The van der Waals surface area contributed by atoms with Crippen LogP contribution < -0.4 is 0 Å². The number of fused-ring (bicyclic) bond motifs is 1. The highest BCUT2D eigenvalue weighted by Crippen LogP contribution is 2.25. The molecule has 0 unspecified atom stereocenters. The average Bonchev–Trinajstić information content (AvgIpc) is 2.20. The van der Waals surface area contributed by atoms with Crippen LogP contribution in [0.4, 0.5) is 0 Å². The van der Waals surface area contributed by atoms with E-state index in [1.807, 2.05) is 36.4 Å². The molecule has 0 aliphatic carbocycles. The van der Waals surface area contributed by atoms with E-state index in [0.29, 0.717) is 6.42 Å². The number of rotatable bonds is 2. The van der Waals surface area contributed by atoms with E-state index in [1.165, 1.54) is 0 Å². The van der Waals surface area contributed by atoms with Gasteiger partial charge in [-0.1, -0.05) is 41.9 Å². The van der Waals surface area contributed by atoms with E-state index in [2.05, 4.69) is 0 Å². The lowest BCUT2D eigenvalue weighted by molar-refractivity contribution is 0.197. The van der Waals surface area contributed by atoms with Crippen molar-refractivity contribution < 1.29 is 5.11 Å². The van der Waals surface area contributed by atoms with Crippen molar-refractivity contribution in [3.63, 3.8) is 0 Å². The zero-order valence-electron chi connectivity index (χ0n) is 7.66. The Kier molecular flexibility index (Phi) is 2.71. The van der Waals surface area contributed by atoms with Gasteiger partial charge in [0.05, 0.1) is 6.61 Å². The first-order valence-electron chi connectivity index (χ1n) is 4.57. The Morgan fingerprint density at radius 3 is 2.50 bits per heavy atom. The summed E-state index contributed by atoms with van der Waals surface area (Å²) >= 11 is 6.05. The van der Waals surface area contributed by atoms with Crippen molar-refractivity contribution in [2.24, 2.45) is 0 Å². The molecule has 0 spiro atoms. The summed E-state index contributed by atoms with van der Waals surface area (Å²) in [6.45, 7) is -0.0778. The van der Waals surface area contributed by atoms with Crippen molar-refractivity contribution in [1.29, 1.82) is 0 Å². The first kappa shape index (κ1) is 9.50. The van der Waals surface area contributed by atoms with Gasteiger partial charge >= 0.3 is 0 Å². The molecule has 0 aromatic heterocycles. The molecule has 2 aromatic carbocycles. The monoisotopic (exact) mass is 205 g/mol. The van der Waals surface area contributed by atoms with Crippen molar-refractivity contribution in [3.8, 4) is 0 Å². The lowest BCUT2D eigenvalue weighted by Gasteiger charge is -2.05. The smallest absolute Gasteiger partial charge is 0.0862 e. The van der Waals surface area contributed by atoms with Gasteiger partial charge in [0.15, 0.2) is 0 Å². The summed E-state index contributed by atoms with van der Waals surface area (Å²) in [7, 11) is 0. The summed E-state index contributed by atoms with van der Waals surface area (Å²) in [6, 6.07) is 11.7. The molecule has 1 nitrogen and oxygen atoms in total. The molecule has 1 radical (unpaired) electrons. The van der Waals surface area contributed by atoms with E-state index in [0.717, 1.165) is 21.4 Å². The van der Waals surface area contributed by atoms with Crippen LogP contribution in [0.1, 0.15) is 5.56 Å². The zero-order valence-corrected chi connectivity index (χ0v) is 8.42. The Bertz CT molecular complexity index is 451. The fourth-order valence-electron chi connectivity index (χ4n) is 1.66. The Hall–Kier alpha value is -1.05. The Morgan fingerprint density at radius 2 is 1.71 bits per heavy atom. The van der Waals surface area contributed by atoms with Crippen LogP contribution in [0.5, 0.6) is 0 Å². The summed E-state index contributed by atoms with van der Waals surface area (Å²) in [6.07, 6.45) is 0.567. The summed E-state index contributed by atoms with van der Waals surface area (Å²) in [4.78, 5) is 0. The van der Waals surface area contributed by atoms with Crippen molar-refractivity contribution in [3.05, 3.63) is 47.0 Å². The zero-order chi connectivity index (χ0) is 9.97. The molecule has 0 heterocycles. The molecule has 0 saturated carbocycles. The highest BCUT2D eigenvalue weighted by Gasteiger charge is 2.02. The van der Waals surface area contributed by atoms with Crippen molar-refractivity contribution in [1.82, 2.24) is 0 Å². The first-order valence-corrected chi connectivity index (χ1v) is 4.95. The normalized spacial score (nSPS) is 10.7. The third-order valence-electron chi connectivity index (χ3n) is 2.33. The molecular formula is C12H10ClO. The van der Waals surface area contributed by atoms with Crippen LogP contribution in [-0.4, -0.2) is 6.61 Å². The topological polar surface area (TPSA) is 19.9 Å². The SMILES string of the molecule is [O]CCc1cccc2c(Cl)cccc12. The summed E-state index contributed by atoms with van der Waals surface area (Å²) < 4.78 is 0. The minimum Gasteiger partial charge on any atom is -0.236 e. The molecule has 0 fully saturated rings. The van der Waals surface area contributed by atoms with Gasteiger partial charge in [0.1, 0.15) is 0 Å². The van der Waals surface area contributed by atoms with Gasteiger partial charge in [-0.2, -0.15) is 0 Å². The van der Waals surface area contributed by atoms with Crippen LogP contribution in [0, 0.1) is 0 Å². The van der Waals surface area contributed by atoms with Crippen molar-refractivity contribution in [2.75, 3.05) is 6.61 Å². The Balaban J connectivity index is 2.68. The molecule has 14 heavy (non-hydrogen) atoms. The van der Waals surface area contributed by atoms with Gasteiger partial charge < -0.3 is 0 Å². The summed E-state index contributed by atoms with van der Waals surface area (Å²) in [5, 5.41) is 13.5. The minimum absolute atomic E-state index is 0.0778. The van der Waals surface area contributed by atoms with Gasteiger partial charge in [0.25, 0.3) is 0 Å². The second-order valence-corrected chi connectivity index (χ2v) is 3.61. The predicted octanol–water partition coefficient (Wildman–Crippen LogP) is 3.47. The van der Waals surface area contributed by atoms with Crippen LogP contribution in [0.25, 0.3) is 10.8 Å². The van der Waals surface area contributed by atoms with E-state index in [-0.39, 0.29) is 6.61 Å². The second kappa shape index (κ2) is 3.99. The van der Waals surface area contributed by atoms with Gasteiger partial charge in [0.2, 0.25) is 0 Å². The van der Waals surface area contributed by atoms with Gasteiger partial charge in [-0.3, -0.25) is 0 Å². The molecule has 0 aliphatic heterocycles. The molecule has 2 heteroatoms. The van der Waals surface area contributed by atoms with Crippen molar-refractivity contribution >= 4 is 22.4 Å². The predicted molar refractivity (Wildman–Crippen MR) is 58.2 cm³/mol. The molecule has 71 valence electrons. The lowest BCUT2D eigenvalue weighted by atomic mass is 10.0. The molecule has 2 rings (SSSR count). The molecule has 0 atom stereocenters. The largest absolute Gasteiger partial charge is 0.236 e. The van der Waals surface area contributed by atoms with Gasteiger partial charge in [-0.25, -0.2) is 5.11 Å². The van der Waals surface area contributed by atoms with E-state index in [1.54, 1.807) is 0 Å². The summed E-state index contributed by atoms with van der Waals surface area (Å²) in [5.74, 6) is 0. The van der Waals surface area contributed by atoms with Crippen molar-refractivity contribution in [2.45, 2.75) is 6.42 Å². The van der Waals surface area contributed by atoms with Gasteiger partial charge in [-0.15, -0.1) is 0 Å². The standard InChI is InChI=1S/C12H10ClO/c13-12-6-2-4-10-9(7-8-14)3-1-5-11(10)12/h1-6H,7-8H2. The Morgan fingerprint density at radius 1 is 1.00 bits per heavy atom. The molecular weight excluding hydrogens is 196 g/mol. The maximum absolute atomic E-state index is 10.6. The molecule has 0 amide bonds. The average molecular weight is 206 g/mol. The van der Waals surface area contributed by atoms with E-state index in [4.69, 9.17) is 11.6 Å². The highest BCUT2D eigenvalue weighted by atomic mass is 35.5. The minimum atomic E-state index is -0.0778. The first-order chi connectivity index (χ1) is 6.83. The van der Waals surface area contributed by atoms with Crippen LogP contribution in [0.2, 0.25) is 5.02 Å². The Labute approximate surface area is 87.9 Å². The molecule has 0 bridgehead atoms. The molecule has 0 aliphatic rings. The molecule has 2 aromatic rings. The lowest BCUT2D eigenvalue weighted by Crippen LogP contribution is -1.90. The third kappa shape index (κ3) is 1.61. The molecule has 0 N–H and O–H groups in total. The van der Waals surface area contributed by atoms with Gasteiger partial charge in [-0.05, 0) is 23.4 Å². The quantitative estimate of drug-likeness (QED) is 0.716. The maximum Gasteiger partial charge on any atom is 0.0862 e. The van der Waals surface area contributed by atoms with E-state index < -0.39 is 0 Å². The summed E-state index contributed by atoms with van der Waals surface area (Å²) in [5.41, 5.74) is 1.08. The number of benzene rings is 2. The van der Waals surface area contributed by atoms with E-state index in [9.17, 15) is 5.11 Å². The number of hydrogen-bond acceptors (Lipinski definition) is 0. The number of hydrogen-bond donors (Lipinski definition) is 0. The second-order valence-electron chi connectivity index (χ2n) is 3.21. The van der Waals surface area contributed by atoms with Gasteiger partial charge in [0, 0.05) is 10.4 Å². The third-order valence-corrected chi connectivity index (χ3v) is 2.66. The fourth-order valence-corrected chi connectivity index (χ4v) is 1.90. The fraction of sp³-hybridized carbons (Fsp3) is 0.167.